The van der Waals surface area contributed by atoms with Crippen molar-refractivity contribution in [2.45, 2.75) is 13.0 Å². The number of aliphatic hydroxyl groups excluding tert-OH is 1. The number of aliphatic hydroxyl groups is 1. The second-order valence-electron chi connectivity index (χ2n) is 8.18. The largest absolute Gasteiger partial charge is 0.395 e. The monoisotopic (exact) mass is 538 g/mol. The van der Waals surface area contributed by atoms with Crippen molar-refractivity contribution in [3.05, 3.63) is 63.6 Å². The summed E-state index contributed by atoms with van der Waals surface area (Å²) in [5.41, 5.74) is 1.98. The average molecular weight is 539 g/mol. The maximum atomic E-state index is 12.7. The number of piperazine rings is 1. The van der Waals surface area contributed by atoms with Gasteiger partial charge in [-0.1, -0.05) is 0 Å². The highest BCUT2D eigenvalue weighted by Crippen LogP contribution is 2.25. The molecule has 1 aliphatic heterocycles. The molecule has 11 heteroatoms. The van der Waals surface area contributed by atoms with Crippen LogP contribution in [0.4, 0.5) is 28.8 Å². The van der Waals surface area contributed by atoms with Crippen molar-refractivity contribution in [3.8, 4) is 6.07 Å². The minimum Gasteiger partial charge on any atom is -0.395 e. The van der Waals surface area contributed by atoms with Crippen molar-refractivity contribution in [1.29, 1.82) is 5.26 Å². The molecule has 0 radical (unpaired) electrons. The molecule has 2 aromatic heterocycles. The number of nitriles is 1. The Morgan fingerprint density at radius 3 is 2.60 bits per heavy atom. The highest BCUT2D eigenvalue weighted by Gasteiger charge is 2.17. The smallest absolute Gasteiger partial charge is 0.275 e. The fraction of sp³-hybridized carbons (Fsp3) is 0.333. The molecule has 10 nitrogen and oxygen atoms in total. The van der Waals surface area contributed by atoms with Gasteiger partial charge in [0.15, 0.2) is 5.82 Å². The van der Waals surface area contributed by atoms with Crippen molar-refractivity contribution < 1.29 is 5.11 Å². The normalized spacial score (nSPS) is 14.9. The average Bonchev–Trinajstić information content (AvgIpc) is 2.88. The van der Waals surface area contributed by atoms with Gasteiger partial charge in [0, 0.05) is 56.5 Å². The lowest BCUT2D eigenvalue weighted by molar-refractivity contribution is 0.189. The number of hydrogen-bond acceptors (Lipinski definition) is 9. The van der Waals surface area contributed by atoms with E-state index in [9.17, 15) is 4.79 Å². The lowest BCUT2D eigenvalue weighted by Gasteiger charge is -2.35. The number of nitrogens with one attached hydrogen (secondary N) is 2. The third-order valence-corrected chi connectivity index (χ3v) is 6.43. The fourth-order valence-corrected chi connectivity index (χ4v) is 4.16. The van der Waals surface area contributed by atoms with Crippen LogP contribution in [0.5, 0.6) is 0 Å². The third kappa shape index (κ3) is 5.97. The van der Waals surface area contributed by atoms with Crippen LogP contribution in [0.25, 0.3) is 0 Å². The first-order valence-electron chi connectivity index (χ1n) is 11.3. The summed E-state index contributed by atoms with van der Waals surface area (Å²) in [6, 6.07) is 12.9. The molecule has 182 valence electrons. The number of pyridine rings is 1. The van der Waals surface area contributed by atoms with Gasteiger partial charge in [0.25, 0.3) is 5.56 Å². The quantitative estimate of drug-likeness (QED) is 0.397. The van der Waals surface area contributed by atoms with Crippen LogP contribution >= 0.6 is 15.9 Å². The molecular weight excluding hydrogens is 512 g/mol. The fourth-order valence-electron chi connectivity index (χ4n) is 3.87. The summed E-state index contributed by atoms with van der Waals surface area (Å²) in [7, 11) is 0. The lowest BCUT2D eigenvalue weighted by Crippen LogP contribution is -2.47. The van der Waals surface area contributed by atoms with Crippen molar-refractivity contribution in [2.24, 2.45) is 0 Å². The number of anilines is 5. The van der Waals surface area contributed by atoms with Gasteiger partial charge in [0.05, 0.1) is 17.1 Å². The summed E-state index contributed by atoms with van der Waals surface area (Å²) in [5, 5.41) is 24.5. The number of hydrogen-bond donors (Lipinski definition) is 3. The van der Waals surface area contributed by atoms with E-state index in [0.717, 1.165) is 44.1 Å². The maximum Gasteiger partial charge on any atom is 0.275 e. The Balaban J connectivity index is 1.44. The molecule has 0 bridgehead atoms. The van der Waals surface area contributed by atoms with Crippen molar-refractivity contribution >= 4 is 44.8 Å². The predicted octanol–water partition coefficient (Wildman–Crippen LogP) is 3.09. The Morgan fingerprint density at radius 2 is 1.91 bits per heavy atom. The Hall–Kier alpha value is -3.46. The van der Waals surface area contributed by atoms with Crippen LogP contribution in [0.3, 0.4) is 0 Å². The Bertz CT molecular complexity index is 1250. The van der Waals surface area contributed by atoms with Crippen molar-refractivity contribution in [2.75, 3.05) is 54.9 Å². The topological polar surface area (TPSA) is 122 Å². The van der Waals surface area contributed by atoms with Crippen LogP contribution in [0, 0.1) is 11.3 Å². The highest BCUT2D eigenvalue weighted by molar-refractivity contribution is 9.10. The molecule has 0 amide bonds. The van der Waals surface area contributed by atoms with Crippen molar-refractivity contribution in [1.82, 2.24) is 19.4 Å². The zero-order chi connectivity index (χ0) is 24.8. The number of aromatic nitrogens is 3. The summed E-state index contributed by atoms with van der Waals surface area (Å²) in [6.45, 7) is 6.30. The van der Waals surface area contributed by atoms with E-state index in [1.54, 1.807) is 31.5 Å². The Labute approximate surface area is 212 Å². The number of β-amino-alcohol motifs (C(OH)–C–C–N with tert-alkyl or cyclic N) is 1. The first-order chi connectivity index (χ1) is 17.0. The molecule has 0 saturated carbocycles. The molecule has 3 N–H and O–H groups in total. The Morgan fingerprint density at radius 1 is 1.17 bits per heavy atom. The van der Waals surface area contributed by atoms with Crippen LogP contribution in [0.15, 0.2) is 58.1 Å². The van der Waals surface area contributed by atoms with E-state index in [4.69, 9.17) is 10.4 Å². The summed E-state index contributed by atoms with van der Waals surface area (Å²) < 4.78 is 1.96. The van der Waals surface area contributed by atoms with Gasteiger partial charge in [0.2, 0.25) is 5.95 Å². The van der Waals surface area contributed by atoms with Crippen LogP contribution in [-0.2, 0) is 0 Å². The van der Waals surface area contributed by atoms with E-state index < -0.39 is 6.04 Å². The van der Waals surface area contributed by atoms with E-state index in [0.29, 0.717) is 21.9 Å². The molecule has 1 unspecified atom stereocenters. The number of nitrogens with zero attached hydrogens (tertiary/aromatic N) is 6. The Kier molecular flexibility index (Phi) is 7.97. The molecule has 1 aromatic carbocycles. The van der Waals surface area contributed by atoms with Crippen LogP contribution in [0.2, 0.25) is 0 Å². The SMILES string of the molecule is CC(C#N)n1cccc(Nc2nc(Nc3ccc(N4CCN(CCO)CC4)cc3)ncc2Br)c1=O. The van der Waals surface area contributed by atoms with E-state index in [-0.39, 0.29) is 12.2 Å². The van der Waals surface area contributed by atoms with Crippen LogP contribution in [0.1, 0.15) is 13.0 Å². The van der Waals surface area contributed by atoms with Gasteiger partial charge in [-0.05, 0) is 59.3 Å². The molecule has 1 aliphatic rings. The zero-order valence-electron chi connectivity index (χ0n) is 19.4. The third-order valence-electron chi connectivity index (χ3n) is 5.85. The first-order valence-corrected chi connectivity index (χ1v) is 12.1. The van der Waals surface area contributed by atoms with Gasteiger partial charge in [-0.3, -0.25) is 14.3 Å². The summed E-state index contributed by atoms with van der Waals surface area (Å²) in [4.78, 5) is 26.2. The minimum atomic E-state index is -0.581. The molecule has 4 rings (SSSR count). The standard InChI is InChI=1S/C24H27BrN8O2/c1-17(15-26)33-8-2-3-21(23(33)35)29-22-20(25)16-27-24(30-22)28-18-4-6-19(7-5-18)32-11-9-31(10-12-32)13-14-34/h2-8,16-17,34H,9-14H2,1H3,(H2,27,28,29,30). The molecule has 1 atom stereocenters. The second-order valence-corrected chi connectivity index (χ2v) is 9.03. The molecule has 0 aliphatic carbocycles. The number of halogens is 1. The van der Waals surface area contributed by atoms with Gasteiger partial charge in [0.1, 0.15) is 11.7 Å². The summed E-state index contributed by atoms with van der Waals surface area (Å²) >= 11 is 3.43. The van der Waals surface area contributed by atoms with Crippen LogP contribution in [-0.4, -0.2) is 63.9 Å². The lowest BCUT2D eigenvalue weighted by atomic mass is 10.2. The molecule has 3 aromatic rings. The number of benzene rings is 1. The molecule has 35 heavy (non-hydrogen) atoms. The van der Waals surface area contributed by atoms with E-state index in [2.05, 4.69) is 64.5 Å². The van der Waals surface area contributed by atoms with Gasteiger partial charge in [-0.25, -0.2) is 4.98 Å². The minimum absolute atomic E-state index is 0.194. The molecular formula is C24H27BrN8O2. The second kappa shape index (κ2) is 11.3. The van der Waals surface area contributed by atoms with E-state index in [1.807, 2.05) is 12.1 Å². The molecule has 3 heterocycles. The molecule has 0 spiro atoms. The van der Waals surface area contributed by atoms with Gasteiger partial charge in [-0.2, -0.15) is 10.2 Å². The molecule has 1 fully saturated rings. The maximum absolute atomic E-state index is 12.7. The van der Waals surface area contributed by atoms with Crippen LogP contribution < -0.4 is 21.1 Å². The van der Waals surface area contributed by atoms with Crippen molar-refractivity contribution in [3.63, 3.8) is 0 Å². The predicted molar refractivity (Wildman–Crippen MR) is 140 cm³/mol. The van der Waals surface area contributed by atoms with E-state index >= 15 is 0 Å². The number of rotatable bonds is 8. The van der Waals surface area contributed by atoms with Gasteiger partial charge < -0.3 is 20.6 Å². The zero-order valence-corrected chi connectivity index (χ0v) is 20.9. The first kappa shape index (κ1) is 24.7. The summed E-state index contributed by atoms with van der Waals surface area (Å²) in [5.74, 6) is 0.807. The molecule has 1 saturated heterocycles. The van der Waals surface area contributed by atoms with E-state index in [1.165, 1.54) is 4.57 Å². The van der Waals surface area contributed by atoms with Gasteiger partial charge >= 0.3 is 0 Å². The van der Waals surface area contributed by atoms with Gasteiger partial charge in [-0.15, -0.1) is 0 Å². The summed E-state index contributed by atoms with van der Waals surface area (Å²) in [6.07, 6.45) is 3.19. The highest BCUT2D eigenvalue weighted by atomic mass is 79.9.